The maximum Gasteiger partial charge on any atom is 0.220 e. The molecule has 0 aromatic rings. The molecular formula is C16H30N2O2. The van der Waals surface area contributed by atoms with Crippen molar-refractivity contribution in [3.63, 3.8) is 0 Å². The lowest BCUT2D eigenvalue weighted by Crippen LogP contribution is -2.42. The van der Waals surface area contributed by atoms with Gasteiger partial charge in [0.2, 0.25) is 5.91 Å². The number of aliphatic hydroxyl groups excluding tert-OH is 1. The Kier molecular flexibility index (Phi) is 6.30. The van der Waals surface area contributed by atoms with Gasteiger partial charge in [0.15, 0.2) is 0 Å². The van der Waals surface area contributed by atoms with Crippen molar-refractivity contribution in [2.24, 2.45) is 11.7 Å². The predicted molar refractivity (Wildman–Crippen MR) is 80.2 cm³/mol. The van der Waals surface area contributed by atoms with E-state index in [0.29, 0.717) is 18.4 Å². The van der Waals surface area contributed by atoms with Gasteiger partial charge in [-0.1, -0.05) is 19.3 Å². The van der Waals surface area contributed by atoms with Gasteiger partial charge in [0.05, 0.1) is 12.1 Å². The molecule has 0 heterocycles. The second kappa shape index (κ2) is 7.99. The van der Waals surface area contributed by atoms with E-state index in [9.17, 15) is 9.90 Å². The summed E-state index contributed by atoms with van der Waals surface area (Å²) < 4.78 is 0. The predicted octanol–water partition coefficient (Wildman–Crippen LogP) is 2.09. The highest BCUT2D eigenvalue weighted by molar-refractivity contribution is 5.76. The monoisotopic (exact) mass is 282 g/mol. The van der Waals surface area contributed by atoms with Gasteiger partial charge < -0.3 is 16.2 Å². The van der Waals surface area contributed by atoms with Crippen molar-refractivity contribution in [2.45, 2.75) is 88.8 Å². The zero-order valence-corrected chi connectivity index (χ0v) is 12.5. The molecule has 2 atom stereocenters. The summed E-state index contributed by atoms with van der Waals surface area (Å²) in [6, 6.07) is 0.353. The number of carbonyl (C=O) groups is 1. The molecule has 0 radical (unpaired) electrons. The third-order valence-corrected chi connectivity index (χ3v) is 5.00. The molecule has 0 aliphatic heterocycles. The van der Waals surface area contributed by atoms with Crippen LogP contribution in [-0.2, 0) is 4.79 Å². The third-order valence-electron chi connectivity index (χ3n) is 5.00. The molecule has 2 fully saturated rings. The lowest BCUT2D eigenvalue weighted by atomic mass is 9.84. The van der Waals surface area contributed by atoms with E-state index in [1.54, 1.807) is 0 Å². The second-order valence-corrected chi connectivity index (χ2v) is 6.70. The molecule has 0 saturated heterocycles. The highest BCUT2D eigenvalue weighted by atomic mass is 16.3. The molecule has 20 heavy (non-hydrogen) atoms. The van der Waals surface area contributed by atoms with Crippen molar-refractivity contribution in [3.05, 3.63) is 0 Å². The minimum absolute atomic E-state index is 0.0234. The lowest BCUT2D eigenvalue weighted by molar-refractivity contribution is -0.123. The fraction of sp³-hybridized carbons (Fsp3) is 0.938. The standard InChI is InChI=1S/C16H30N2O2/c17-13-9-6-12(7-10-13)8-11-16(20)18-14-4-2-1-3-5-15(14)19/h12-15,19H,1-11,17H2,(H,18,20). The van der Waals surface area contributed by atoms with Crippen LogP contribution in [0.15, 0.2) is 0 Å². The van der Waals surface area contributed by atoms with E-state index >= 15 is 0 Å². The van der Waals surface area contributed by atoms with Crippen molar-refractivity contribution in [2.75, 3.05) is 0 Å². The van der Waals surface area contributed by atoms with Crippen LogP contribution in [-0.4, -0.2) is 29.2 Å². The summed E-state index contributed by atoms with van der Waals surface area (Å²) in [6.07, 6.45) is 10.9. The zero-order valence-electron chi connectivity index (χ0n) is 12.5. The molecule has 4 N–H and O–H groups in total. The maximum atomic E-state index is 12.0. The number of amides is 1. The van der Waals surface area contributed by atoms with Gasteiger partial charge in [0, 0.05) is 12.5 Å². The highest BCUT2D eigenvalue weighted by Gasteiger charge is 2.24. The van der Waals surface area contributed by atoms with Crippen LogP contribution in [0.2, 0.25) is 0 Å². The topological polar surface area (TPSA) is 75.4 Å². The SMILES string of the molecule is NC1CCC(CCC(=O)NC2CCCCCC2O)CC1. The molecule has 2 aliphatic carbocycles. The van der Waals surface area contributed by atoms with Gasteiger partial charge >= 0.3 is 0 Å². The fourth-order valence-electron chi connectivity index (χ4n) is 3.55. The van der Waals surface area contributed by atoms with Crippen molar-refractivity contribution in [1.82, 2.24) is 5.32 Å². The number of nitrogens with two attached hydrogens (primary N) is 1. The molecule has 2 aliphatic rings. The molecule has 0 aromatic carbocycles. The van der Waals surface area contributed by atoms with E-state index in [-0.39, 0.29) is 18.1 Å². The fourth-order valence-corrected chi connectivity index (χ4v) is 3.55. The molecule has 2 unspecified atom stereocenters. The minimum Gasteiger partial charge on any atom is -0.391 e. The Morgan fingerprint density at radius 1 is 1.05 bits per heavy atom. The van der Waals surface area contributed by atoms with E-state index in [0.717, 1.165) is 44.9 Å². The van der Waals surface area contributed by atoms with Crippen LogP contribution >= 0.6 is 0 Å². The van der Waals surface area contributed by atoms with Gasteiger partial charge in [-0.05, 0) is 50.9 Å². The van der Waals surface area contributed by atoms with Crippen molar-refractivity contribution in [1.29, 1.82) is 0 Å². The minimum atomic E-state index is -0.353. The summed E-state index contributed by atoms with van der Waals surface area (Å²) >= 11 is 0. The summed E-state index contributed by atoms with van der Waals surface area (Å²) in [7, 11) is 0. The van der Waals surface area contributed by atoms with Gasteiger partial charge in [-0.15, -0.1) is 0 Å². The van der Waals surface area contributed by atoms with Crippen LogP contribution < -0.4 is 11.1 Å². The first-order valence-corrected chi connectivity index (χ1v) is 8.38. The number of rotatable bonds is 4. The molecule has 116 valence electrons. The molecule has 4 nitrogen and oxygen atoms in total. The van der Waals surface area contributed by atoms with Crippen LogP contribution in [0.25, 0.3) is 0 Å². The van der Waals surface area contributed by atoms with E-state index in [1.165, 1.54) is 19.3 Å². The van der Waals surface area contributed by atoms with Gasteiger partial charge in [-0.2, -0.15) is 0 Å². The largest absolute Gasteiger partial charge is 0.391 e. The molecule has 1 amide bonds. The molecule has 2 saturated carbocycles. The van der Waals surface area contributed by atoms with Crippen LogP contribution in [0.1, 0.15) is 70.6 Å². The molecular weight excluding hydrogens is 252 g/mol. The quantitative estimate of drug-likeness (QED) is 0.691. The van der Waals surface area contributed by atoms with Gasteiger partial charge in [-0.3, -0.25) is 4.79 Å². The maximum absolute atomic E-state index is 12.0. The van der Waals surface area contributed by atoms with Crippen LogP contribution in [0.4, 0.5) is 0 Å². The summed E-state index contributed by atoms with van der Waals surface area (Å²) in [5.41, 5.74) is 5.90. The van der Waals surface area contributed by atoms with Crippen molar-refractivity contribution in [3.8, 4) is 0 Å². The normalized spacial score (nSPS) is 35.3. The average molecular weight is 282 g/mol. The number of carbonyl (C=O) groups excluding carboxylic acids is 1. The van der Waals surface area contributed by atoms with E-state index < -0.39 is 0 Å². The highest BCUT2D eigenvalue weighted by Crippen LogP contribution is 2.27. The van der Waals surface area contributed by atoms with Crippen molar-refractivity contribution < 1.29 is 9.90 Å². The van der Waals surface area contributed by atoms with Gasteiger partial charge in [0.25, 0.3) is 0 Å². The van der Waals surface area contributed by atoms with E-state index in [4.69, 9.17) is 5.73 Å². The average Bonchev–Trinajstić information content (AvgIpc) is 2.64. The Morgan fingerprint density at radius 3 is 2.50 bits per heavy atom. The molecule has 2 rings (SSSR count). The summed E-state index contributed by atoms with van der Waals surface area (Å²) in [5, 5.41) is 13.1. The first-order chi connectivity index (χ1) is 9.65. The van der Waals surface area contributed by atoms with Crippen LogP contribution in [0, 0.1) is 5.92 Å². The van der Waals surface area contributed by atoms with E-state index in [1.807, 2.05) is 0 Å². The van der Waals surface area contributed by atoms with Gasteiger partial charge in [-0.25, -0.2) is 0 Å². The zero-order chi connectivity index (χ0) is 14.4. The van der Waals surface area contributed by atoms with E-state index in [2.05, 4.69) is 5.32 Å². The Hall–Kier alpha value is -0.610. The summed E-state index contributed by atoms with van der Waals surface area (Å²) in [4.78, 5) is 12.0. The Balaban J connectivity index is 1.66. The second-order valence-electron chi connectivity index (χ2n) is 6.70. The molecule has 0 spiro atoms. The number of hydrogen-bond acceptors (Lipinski definition) is 3. The number of nitrogens with one attached hydrogen (secondary N) is 1. The Bertz CT molecular complexity index is 301. The number of aliphatic hydroxyl groups is 1. The Labute approximate surface area is 122 Å². The summed E-state index contributed by atoms with van der Waals surface area (Å²) in [6.45, 7) is 0. The van der Waals surface area contributed by atoms with Gasteiger partial charge in [0.1, 0.15) is 0 Å². The summed E-state index contributed by atoms with van der Waals surface area (Å²) in [5.74, 6) is 0.783. The third kappa shape index (κ3) is 5.06. The number of hydrogen-bond donors (Lipinski definition) is 3. The lowest BCUT2D eigenvalue weighted by Gasteiger charge is -2.26. The first-order valence-electron chi connectivity index (χ1n) is 8.38. The molecule has 4 heteroatoms. The first kappa shape index (κ1) is 15.8. The van der Waals surface area contributed by atoms with Crippen LogP contribution in [0.3, 0.4) is 0 Å². The molecule has 0 aromatic heterocycles. The molecule has 0 bridgehead atoms. The Morgan fingerprint density at radius 2 is 1.75 bits per heavy atom. The smallest absolute Gasteiger partial charge is 0.220 e. The van der Waals surface area contributed by atoms with Crippen molar-refractivity contribution >= 4 is 5.91 Å². The van der Waals surface area contributed by atoms with Crippen LogP contribution in [0.5, 0.6) is 0 Å².